The van der Waals surface area contributed by atoms with E-state index in [0.29, 0.717) is 6.54 Å². The third-order valence-corrected chi connectivity index (χ3v) is 1.06. The molecule has 13 heavy (non-hydrogen) atoms. The summed E-state index contributed by atoms with van der Waals surface area (Å²) in [5.41, 5.74) is 9.86. The number of carbonyl (C=O) groups excluding carboxylic acids is 1. The molecule has 0 atom stereocenters. The van der Waals surface area contributed by atoms with Gasteiger partial charge in [0.15, 0.2) is 0 Å². The van der Waals surface area contributed by atoms with Crippen LogP contribution in [0.4, 0.5) is 16.8 Å². The number of carbonyl (C=O) groups is 1. The van der Waals surface area contributed by atoms with Gasteiger partial charge in [-0.25, -0.2) is 4.79 Å². The monoisotopic (exact) mass is 187 g/mol. The topological polar surface area (TPSA) is 129 Å². The number of aromatic nitrogens is 2. The first-order valence-corrected chi connectivity index (χ1v) is 3.43. The Morgan fingerprint density at radius 3 is 2.92 bits per heavy atom. The minimum absolute atomic E-state index is 0.0293. The Hall–Kier alpha value is -1.99. The molecule has 0 saturated heterocycles. The largest absolute Gasteiger partial charge is 0.448 e. The molecule has 0 fully saturated rings. The highest BCUT2D eigenvalue weighted by atomic mass is 16.5. The highest BCUT2D eigenvalue weighted by Gasteiger charge is 2.00. The van der Waals surface area contributed by atoms with Crippen LogP contribution in [0.3, 0.4) is 0 Å². The van der Waals surface area contributed by atoms with Crippen LogP contribution in [0.25, 0.3) is 0 Å². The Bertz CT molecular complexity index is 285. The van der Waals surface area contributed by atoms with E-state index < -0.39 is 6.09 Å². The van der Waals surface area contributed by atoms with E-state index in [4.69, 9.17) is 15.9 Å². The third-order valence-electron chi connectivity index (χ3n) is 1.06. The van der Waals surface area contributed by atoms with E-state index in [-0.39, 0.29) is 18.6 Å². The number of hydrogen-bond acceptors (Lipinski definition) is 7. The van der Waals surface area contributed by atoms with Gasteiger partial charge in [0.1, 0.15) is 6.61 Å². The van der Waals surface area contributed by atoms with E-state index in [0.717, 1.165) is 0 Å². The number of hydrogen-bond donors (Lipinski definition) is 3. The van der Waals surface area contributed by atoms with E-state index >= 15 is 0 Å². The van der Waals surface area contributed by atoms with E-state index in [9.17, 15) is 4.79 Å². The highest BCUT2D eigenvalue weighted by molar-refractivity contribution is 5.64. The number of anilines is 2. The first-order chi connectivity index (χ1) is 6.18. The third kappa shape index (κ3) is 3.27. The van der Waals surface area contributed by atoms with Crippen LogP contribution in [-0.4, -0.2) is 29.4 Å². The van der Waals surface area contributed by atoms with Crippen LogP contribution in [0, 0.1) is 0 Å². The highest BCUT2D eigenvalue weighted by Crippen LogP contribution is 2.04. The van der Waals surface area contributed by atoms with E-state index in [1.807, 2.05) is 0 Å². The summed E-state index contributed by atoms with van der Waals surface area (Å²) in [7, 11) is 0. The Morgan fingerprint density at radius 1 is 1.62 bits per heavy atom. The number of nitrogens with two attached hydrogens (primary N) is 2. The zero-order chi connectivity index (χ0) is 9.68. The van der Waals surface area contributed by atoms with Crippen molar-refractivity contribution in [2.24, 2.45) is 5.73 Å². The smallest absolute Gasteiger partial charge is 0.404 e. The summed E-state index contributed by atoms with van der Waals surface area (Å²) in [6.45, 7) is 0.447. The molecule has 1 rings (SSSR count). The normalized spacial score (nSPS) is 9.54. The quantitative estimate of drug-likeness (QED) is 0.524. The molecule has 0 aliphatic carbocycles. The van der Waals surface area contributed by atoms with Crippen LogP contribution in [0.15, 0.2) is 4.42 Å². The molecule has 0 spiro atoms. The van der Waals surface area contributed by atoms with Gasteiger partial charge in [-0.05, 0) is 0 Å². The van der Waals surface area contributed by atoms with Gasteiger partial charge in [0.05, 0.1) is 6.54 Å². The van der Waals surface area contributed by atoms with Crippen molar-refractivity contribution in [3.63, 3.8) is 0 Å². The zero-order valence-corrected chi connectivity index (χ0v) is 6.69. The maximum absolute atomic E-state index is 10.1. The van der Waals surface area contributed by atoms with Gasteiger partial charge in [0.2, 0.25) is 0 Å². The lowest BCUT2D eigenvalue weighted by molar-refractivity contribution is 0.161. The Kier molecular flexibility index (Phi) is 2.90. The van der Waals surface area contributed by atoms with Gasteiger partial charge in [0.25, 0.3) is 0 Å². The average molecular weight is 187 g/mol. The number of ether oxygens (including phenoxy) is 1. The molecular formula is C5H9N5O3. The molecule has 1 heterocycles. The van der Waals surface area contributed by atoms with Crippen LogP contribution < -0.4 is 16.8 Å². The maximum atomic E-state index is 10.1. The minimum atomic E-state index is -0.827. The van der Waals surface area contributed by atoms with E-state index in [1.54, 1.807) is 0 Å². The van der Waals surface area contributed by atoms with Crippen molar-refractivity contribution in [2.45, 2.75) is 0 Å². The van der Waals surface area contributed by atoms with Crippen molar-refractivity contribution in [1.29, 1.82) is 0 Å². The second-order valence-corrected chi connectivity index (χ2v) is 2.04. The summed E-state index contributed by atoms with van der Waals surface area (Å²) < 4.78 is 9.19. The van der Waals surface area contributed by atoms with Crippen molar-refractivity contribution in [1.82, 2.24) is 10.2 Å². The Morgan fingerprint density at radius 2 is 2.38 bits per heavy atom. The van der Waals surface area contributed by atoms with Crippen LogP contribution in [0.2, 0.25) is 0 Å². The SMILES string of the molecule is NC(=O)OCCNc1nnc(N)o1. The molecule has 8 heteroatoms. The molecule has 0 bridgehead atoms. The predicted molar refractivity (Wildman–Crippen MR) is 42.7 cm³/mol. The van der Waals surface area contributed by atoms with E-state index in [2.05, 4.69) is 20.3 Å². The van der Waals surface area contributed by atoms with Crippen molar-refractivity contribution in [3.05, 3.63) is 0 Å². The van der Waals surface area contributed by atoms with Gasteiger partial charge in [-0.3, -0.25) is 0 Å². The molecule has 8 nitrogen and oxygen atoms in total. The minimum Gasteiger partial charge on any atom is -0.448 e. The Labute approximate surface area is 73.2 Å². The van der Waals surface area contributed by atoms with Crippen LogP contribution in [-0.2, 0) is 4.74 Å². The van der Waals surface area contributed by atoms with Crippen LogP contribution in [0.1, 0.15) is 0 Å². The molecule has 0 aliphatic rings. The van der Waals surface area contributed by atoms with Gasteiger partial charge < -0.3 is 25.9 Å². The summed E-state index contributed by atoms with van der Waals surface area (Å²) in [6, 6.07) is 0.142. The average Bonchev–Trinajstić information content (AvgIpc) is 2.45. The maximum Gasteiger partial charge on any atom is 0.404 e. The number of nitrogens with one attached hydrogen (secondary N) is 1. The number of nitrogens with zero attached hydrogens (tertiary/aromatic N) is 2. The first-order valence-electron chi connectivity index (χ1n) is 3.43. The van der Waals surface area contributed by atoms with Gasteiger partial charge in [-0.1, -0.05) is 10.2 Å². The molecule has 0 saturated carbocycles. The van der Waals surface area contributed by atoms with Crippen molar-refractivity contribution >= 4 is 18.1 Å². The standard InChI is InChI=1S/C5H9N5O3/c6-3-9-10-5(13-3)8-1-2-12-4(7)11/h1-2H2,(H2,6,9)(H2,7,11)(H,8,10). The van der Waals surface area contributed by atoms with Gasteiger partial charge in [-0.2, -0.15) is 0 Å². The second-order valence-electron chi connectivity index (χ2n) is 2.04. The summed E-state index contributed by atoms with van der Waals surface area (Å²) in [5.74, 6) is 0. The molecule has 0 aromatic carbocycles. The molecule has 0 unspecified atom stereocenters. The lowest BCUT2D eigenvalue weighted by atomic mass is 10.7. The summed E-state index contributed by atoms with van der Waals surface area (Å²) in [4.78, 5) is 10.1. The number of nitrogen functional groups attached to an aromatic ring is 1. The second kappa shape index (κ2) is 4.14. The molecule has 1 amide bonds. The molecule has 0 aliphatic heterocycles. The van der Waals surface area contributed by atoms with Gasteiger partial charge in [0, 0.05) is 0 Å². The lowest BCUT2D eigenvalue weighted by Crippen LogP contribution is -2.18. The van der Waals surface area contributed by atoms with Crippen molar-refractivity contribution in [3.8, 4) is 0 Å². The molecule has 1 aromatic rings. The van der Waals surface area contributed by atoms with Gasteiger partial charge in [-0.15, -0.1) is 0 Å². The van der Waals surface area contributed by atoms with Gasteiger partial charge >= 0.3 is 18.1 Å². The van der Waals surface area contributed by atoms with Crippen molar-refractivity contribution in [2.75, 3.05) is 24.2 Å². The van der Waals surface area contributed by atoms with Crippen LogP contribution >= 0.6 is 0 Å². The summed E-state index contributed by atoms with van der Waals surface area (Å²) in [6.07, 6.45) is -0.827. The number of amides is 1. The van der Waals surface area contributed by atoms with Crippen LogP contribution in [0.5, 0.6) is 0 Å². The van der Waals surface area contributed by atoms with Crippen molar-refractivity contribution < 1.29 is 13.9 Å². The zero-order valence-electron chi connectivity index (χ0n) is 6.69. The summed E-state index contributed by atoms with van der Waals surface area (Å²) >= 11 is 0. The molecule has 0 radical (unpaired) electrons. The number of primary amides is 1. The predicted octanol–water partition coefficient (Wildman–Crippen LogP) is -0.841. The molecule has 5 N–H and O–H groups in total. The Balaban J connectivity index is 2.16. The van der Waals surface area contributed by atoms with E-state index in [1.165, 1.54) is 0 Å². The number of rotatable bonds is 4. The molecule has 72 valence electrons. The summed E-state index contributed by atoms with van der Waals surface area (Å²) in [5, 5.41) is 9.57. The first kappa shape index (κ1) is 9.10. The fraction of sp³-hybridized carbons (Fsp3) is 0.400. The molecular weight excluding hydrogens is 178 g/mol. The fourth-order valence-corrected chi connectivity index (χ4v) is 0.616. The lowest BCUT2D eigenvalue weighted by Gasteiger charge is -2.00. The fourth-order valence-electron chi connectivity index (χ4n) is 0.616. The molecule has 1 aromatic heterocycles.